The van der Waals surface area contributed by atoms with Gasteiger partial charge in [-0.1, -0.05) is 5.92 Å². The van der Waals surface area contributed by atoms with Crippen molar-refractivity contribution in [2.24, 2.45) is 7.05 Å². The highest BCUT2D eigenvalue weighted by molar-refractivity contribution is 6.01. The maximum absolute atomic E-state index is 14.8. The van der Waals surface area contributed by atoms with Gasteiger partial charge < -0.3 is 4.74 Å². The van der Waals surface area contributed by atoms with E-state index in [0.29, 0.717) is 15.5 Å². The number of alkyl halides is 2. The van der Waals surface area contributed by atoms with Crippen molar-refractivity contribution in [2.45, 2.75) is 6.11 Å². The van der Waals surface area contributed by atoms with E-state index in [1.165, 1.54) is 25.4 Å². The van der Waals surface area contributed by atoms with Crippen molar-refractivity contribution >= 4 is 22.6 Å². The van der Waals surface area contributed by atoms with Gasteiger partial charge in [0.2, 0.25) is 0 Å². The number of nitrogens with zero attached hydrogens (tertiary/aromatic N) is 4. The fraction of sp³-hybridized carbons (Fsp3) is 0.158. The normalized spacial score (nSPS) is 14.9. The number of anilines is 1. The molecule has 0 unspecified atom stereocenters. The first-order valence-corrected chi connectivity index (χ1v) is 8.40. The fourth-order valence-corrected chi connectivity index (χ4v) is 3.18. The molecule has 1 aliphatic heterocycles. The summed E-state index contributed by atoms with van der Waals surface area (Å²) in [6.45, 7) is -0.565. The van der Waals surface area contributed by atoms with Crippen molar-refractivity contribution in [3.63, 3.8) is 0 Å². The summed E-state index contributed by atoms with van der Waals surface area (Å²) >= 11 is 0. The van der Waals surface area contributed by atoms with Crippen molar-refractivity contribution in [1.29, 1.82) is 0 Å². The van der Waals surface area contributed by atoms with Crippen LogP contribution in [0.1, 0.15) is 0 Å². The third-order valence-electron chi connectivity index (χ3n) is 4.56. The van der Waals surface area contributed by atoms with Gasteiger partial charge in [0, 0.05) is 19.3 Å². The van der Waals surface area contributed by atoms with Gasteiger partial charge in [0.15, 0.2) is 11.6 Å². The van der Waals surface area contributed by atoms with Gasteiger partial charge in [-0.05, 0) is 18.2 Å². The quantitative estimate of drug-likeness (QED) is 0.586. The highest BCUT2D eigenvalue weighted by Crippen LogP contribution is 2.41. The molecule has 0 spiro atoms. The first-order chi connectivity index (χ1) is 14.2. The van der Waals surface area contributed by atoms with E-state index in [1.54, 1.807) is 0 Å². The van der Waals surface area contributed by atoms with E-state index in [1.807, 2.05) is 0 Å². The van der Waals surface area contributed by atoms with Gasteiger partial charge in [0.25, 0.3) is 5.56 Å². The minimum atomic E-state index is -4.25. The van der Waals surface area contributed by atoms with Crippen LogP contribution in [0.2, 0.25) is 0 Å². The Balaban J connectivity index is 2.04. The second-order valence-electron chi connectivity index (χ2n) is 6.34. The van der Waals surface area contributed by atoms with Gasteiger partial charge in [-0.15, -0.1) is 6.42 Å². The highest BCUT2D eigenvalue weighted by Gasteiger charge is 2.50. The Bertz CT molecular complexity index is 1390. The molecule has 0 radical (unpaired) electrons. The SMILES string of the molecule is C#CCN1C(=O)C(F)(F)Oc2cc(F)c(-n3c(=O)c4cccnc4n(C)c3=O)cc21. The first kappa shape index (κ1) is 19.3. The molecule has 0 N–H and O–H groups in total. The Hall–Kier alpha value is -4.07. The number of ether oxygens (including phenoxy) is 1. The van der Waals surface area contributed by atoms with Crippen molar-refractivity contribution in [3.05, 3.63) is 57.1 Å². The maximum Gasteiger partial charge on any atom is 0.483 e. The van der Waals surface area contributed by atoms with E-state index in [-0.39, 0.29) is 16.7 Å². The number of hydrogen-bond acceptors (Lipinski definition) is 5. The largest absolute Gasteiger partial charge is 0.483 e. The Morgan fingerprint density at radius 2 is 1.97 bits per heavy atom. The Morgan fingerprint density at radius 3 is 2.67 bits per heavy atom. The smallest absolute Gasteiger partial charge is 0.423 e. The van der Waals surface area contributed by atoms with Gasteiger partial charge in [0.05, 0.1) is 23.3 Å². The molecular weight excluding hydrogens is 405 g/mol. The number of rotatable bonds is 2. The summed E-state index contributed by atoms with van der Waals surface area (Å²) in [7, 11) is 1.34. The van der Waals surface area contributed by atoms with Crippen LogP contribution in [0, 0.1) is 18.2 Å². The number of halogens is 3. The Labute approximate surface area is 165 Å². The lowest BCUT2D eigenvalue weighted by Crippen LogP contribution is -2.51. The molecule has 1 aromatic carbocycles. The molecule has 1 amide bonds. The second kappa shape index (κ2) is 6.48. The van der Waals surface area contributed by atoms with Crippen LogP contribution in [-0.4, -0.2) is 32.7 Å². The minimum Gasteiger partial charge on any atom is -0.423 e. The standard InChI is InChI=1S/C19H11F3N4O4/c1-3-7-25-13-9-12(11(20)8-14(13)30-19(21,22)17(25)28)26-16(27)10-5-4-6-23-15(10)24(2)18(26)29/h1,4-6,8-9H,7H2,2H3. The molecule has 8 nitrogen and oxygen atoms in total. The summed E-state index contributed by atoms with van der Waals surface area (Å²) in [5.41, 5.74) is -2.60. The summed E-state index contributed by atoms with van der Waals surface area (Å²) < 4.78 is 48.4. The lowest BCUT2D eigenvalue weighted by molar-refractivity contribution is -0.192. The molecule has 4 rings (SSSR count). The molecule has 30 heavy (non-hydrogen) atoms. The lowest BCUT2D eigenvalue weighted by atomic mass is 10.1. The van der Waals surface area contributed by atoms with Crippen LogP contribution in [-0.2, 0) is 11.8 Å². The molecule has 0 atom stereocenters. The molecule has 2 aromatic heterocycles. The molecule has 3 aromatic rings. The second-order valence-corrected chi connectivity index (χ2v) is 6.34. The number of aryl methyl sites for hydroxylation is 1. The molecular formula is C19H11F3N4O4. The van der Waals surface area contributed by atoms with Crippen LogP contribution in [0.25, 0.3) is 16.7 Å². The Kier molecular flexibility index (Phi) is 4.16. The van der Waals surface area contributed by atoms with Crippen molar-refractivity contribution in [1.82, 2.24) is 14.1 Å². The maximum atomic E-state index is 14.8. The zero-order valence-electron chi connectivity index (χ0n) is 15.2. The monoisotopic (exact) mass is 416 g/mol. The predicted octanol–water partition coefficient (Wildman–Crippen LogP) is 1.17. The van der Waals surface area contributed by atoms with Crippen LogP contribution >= 0.6 is 0 Å². The summed E-state index contributed by atoms with van der Waals surface area (Å²) in [6.07, 6.45) is 2.29. The molecule has 11 heteroatoms. The van der Waals surface area contributed by atoms with Crippen LogP contribution < -0.4 is 20.9 Å². The zero-order valence-corrected chi connectivity index (χ0v) is 15.2. The number of hydrogen-bond donors (Lipinski definition) is 0. The fourth-order valence-electron chi connectivity index (χ4n) is 3.18. The minimum absolute atomic E-state index is 0.0241. The van der Waals surface area contributed by atoms with E-state index in [9.17, 15) is 27.6 Å². The number of aromatic nitrogens is 3. The number of pyridine rings is 1. The van der Waals surface area contributed by atoms with Crippen LogP contribution in [0.15, 0.2) is 40.1 Å². The third kappa shape index (κ3) is 2.65. The van der Waals surface area contributed by atoms with Gasteiger partial charge in [0.1, 0.15) is 5.65 Å². The number of terminal acetylenes is 1. The van der Waals surface area contributed by atoms with E-state index in [2.05, 4.69) is 15.6 Å². The Morgan fingerprint density at radius 1 is 1.23 bits per heavy atom. The average Bonchev–Trinajstić information content (AvgIpc) is 2.70. The van der Waals surface area contributed by atoms with Crippen LogP contribution in [0.4, 0.5) is 18.9 Å². The zero-order chi connectivity index (χ0) is 21.8. The molecule has 152 valence electrons. The van der Waals surface area contributed by atoms with E-state index < -0.39 is 47.1 Å². The van der Waals surface area contributed by atoms with Crippen molar-refractivity contribution in [3.8, 4) is 23.8 Å². The number of fused-ring (bicyclic) bond motifs is 2. The summed E-state index contributed by atoms with van der Waals surface area (Å²) in [5.74, 6) is -1.56. The van der Waals surface area contributed by atoms with Crippen molar-refractivity contribution < 1.29 is 22.7 Å². The molecule has 1 aliphatic rings. The molecule has 0 saturated carbocycles. The molecule has 0 saturated heterocycles. The van der Waals surface area contributed by atoms with E-state index in [4.69, 9.17) is 6.42 Å². The summed E-state index contributed by atoms with van der Waals surface area (Å²) in [5, 5.41) is 0.0241. The average molecular weight is 416 g/mol. The summed E-state index contributed by atoms with van der Waals surface area (Å²) in [6, 6.07) is 4.31. The van der Waals surface area contributed by atoms with Crippen molar-refractivity contribution in [2.75, 3.05) is 11.4 Å². The van der Waals surface area contributed by atoms with Crippen LogP contribution in [0.3, 0.4) is 0 Å². The number of benzene rings is 1. The topological polar surface area (TPSA) is 86.4 Å². The lowest BCUT2D eigenvalue weighted by Gasteiger charge is -2.32. The third-order valence-corrected chi connectivity index (χ3v) is 4.56. The van der Waals surface area contributed by atoms with E-state index in [0.717, 1.165) is 10.6 Å². The first-order valence-electron chi connectivity index (χ1n) is 8.40. The molecule has 0 bridgehead atoms. The number of carbonyl (C=O) groups is 1. The van der Waals surface area contributed by atoms with Crippen LogP contribution in [0.5, 0.6) is 5.75 Å². The summed E-state index contributed by atoms with van der Waals surface area (Å²) in [4.78, 5) is 42.1. The predicted molar refractivity (Wildman–Crippen MR) is 99.3 cm³/mol. The number of amides is 1. The molecule has 0 aliphatic carbocycles. The van der Waals surface area contributed by atoms with Gasteiger partial charge in [-0.25, -0.2) is 18.7 Å². The number of carbonyl (C=O) groups excluding carboxylic acids is 1. The molecule has 0 fully saturated rings. The van der Waals surface area contributed by atoms with Gasteiger partial charge in [-0.3, -0.25) is 19.1 Å². The molecule has 3 heterocycles. The highest BCUT2D eigenvalue weighted by atomic mass is 19.3. The van der Waals surface area contributed by atoms with Gasteiger partial charge >= 0.3 is 17.7 Å². The van der Waals surface area contributed by atoms with Gasteiger partial charge in [-0.2, -0.15) is 8.78 Å². The van der Waals surface area contributed by atoms with E-state index >= 15 is 0 Å².